The predicted molar refractivity (Wildman–Crippen MR) is 95.9 cm³/mol. The van der Waals surface area contributed by atoms with E-state index in [4.69, 9.17) is 16.6 Å². The fourth-order valence-corrected chi connectivity index (χ4v) is 3.38. The Balaban J connectivity index is 1.84. The molecule has 1 fully saturated rings. The highest BCUT2D eigenvalue weighted by Crippen LogP contribution is 2.33. The molecule has 0 aliphatic carbocycles. The summed E-state index contributed by atoms with van der Waals surface area (Å²) in [4.78, 5) is 14.3. The Bertz CT molecular complexity index is 806. The van der Waals surface area contributed by atoms with Gasteiger partial charge < -0.3 is 9.52 Å². The molecule has 6 heteroatoms. The monoisotopic (exact) mass is 343 g/mol. The number of furan rings is 1. The van der Waals surface area contributed by atoms with Crippen LogP contribution >= 0.6 is 24.0 Å². The summed E-state index contributed by atoms with van der Waals surface area (Å²) in [5.74, 6) is 1.30. The molecule has 0 saturated carbocycles. The number of phenols is 1. The third kappa shape index (κ3) is 3.23. The van der Waals surface area contributed by atoms with Crippen LogP contribution in [-0.2, 0) is 4.79 Å². The van der Waals surface area contributed by atoms with Crippen LogP contribution in [-0.4, -0.2) is 26.8 Å². The van der Waals surface area contributed by atoms with Crippen LogP contribution in [0.4, 0.5) is 0 Å². The van der Waals surface area contributed by atoms with Crippen molar-refractivity contribution in [3.8, 4) is 17.1 Å². The normalized spacial score (nSPS) is 16.3. The van der Waals surface area contributed by atoms with E-state index in [0.717, 1.165) is 5.56 Å². The molecule has 1 N–H and O–H groups in total. The molecule has 1 amide bonds. The first-order valence-corrected chi connectivity index (χ1v) is 8.06. The quantitative estimate of drug-likeness (QED) is 0.516. The molecule has 0 unspecified atom stereocenters. The zero-order chi connectivity index (χ0) is 16.4. The van der Waals surface area contributed by atoms with Gasteiger partial charge >= 0.3 is 0 Å². The lowest BCUT2D eigenvalue weighted by Crippen LogP contribution is -2.27. The smallest absolute Gasteiger partial charge is 0.266 e. The SMILES string of the molecule is C=CCN1C(=O)/C(=C/c2ccc(-c3ccc(O)cc3)o2)SC1=S. The van der Waals surface area contributed by atoms with Crippen molar-refractivity contribution < 1.29 is 14.3 Å². The highest BCUT2D eigenvalue weighted by molar-refractivity contribution is 8.26. The number of hydrogen-bond donors (Lipinski definition) is 1. The van der Waals surface area contributed by atoms with Gasteiger partial charge in [0.05, 0.1) is 4.91 Å². The standard InChI is InChI=1S/C17H13NO3S2/c1-2-9-18-16(20)15(23-17(18)22)10-13-7-8-14(21-13)11-3-5-12(19)6-4-11/h2-8,10,19H,1,9H2/b15-10-. The van der Waals surface area contributed by atoms with Gasteiger partial charge in [-0.05, 0) is 36.4 Å². The first-order valence-electron chi connectivity index (χ1n) is 6.84. The topological polar surface area (TPSA) is 53.7 Å². The summed E-state index contributed by atoms with van der Waals surface area (Å²) in [6, 6.07) is 10.3. The number of benzene rings is 1. The first-order chi connectivity index (χ1) is 11.1. The van der Waals surface area contributed by atoms with Gasteiger partial charge in [-0.3, -0.25) is 9.69 Å². The van der Waals surface area contributed by atoms with Gasteiger partial charge in [0.2, 0.25) is 0 Å². The molecule has 1 aromatic heterocycles. The van der Waals surface area contributed by atoms with Gasteiger partial charge in [0.1, 0.15) is 21.6 Å². The minimum atomic E-state index is -0.137. The predicted octanol–water partition coefficient (Wildman–Crippen LogP) is 4.04. The molecule has 4 nitrogen and oxygen atoms in total. The molecule has 1 aliphatic heterocycles. The van der Waals surface area contributed by atoms with Crippen molar-refractivity contribution in [2.45, 2.75) is 0 Å². The molecule has 116 valence electrons. The van der Waals surface area contributed by atoms with Crippen molar-refractivity contribution in [3.05, 3.63) is 59.7 Å². The van der Waals surface area contributed by atoms with Gasteiger partial charge in [0.15, 0.2) is 0 Å². The van der Waals surface area contributed by atoms with Crippen LogP contribution in [0.15, 0.2) is 58.4 Å². The maximum Gasteiger partial charge on any atom is 0.266 e. The Morgan fingerprint density at radius 1 is 1.26 bits per heavy atom. The van der Waals surface area contributed by atoms with Crippen molar-refractivity contribution in [2.75, 3.05) is 6.54 Å². The largest absolute Gasteiger partial charge is 0.508 e. The average molecular weight is 343 g/mol. The average Bonchev–Trinajstić information content (AvgIpc) is 3.09. The fraction of sp³-hybridized carbons (Fsp3) is 0.0588. The maximum atomic E-state index is 12.3. The number of thiocarbonyl (C=S) groups is 1. The van der Waals surface area contributed by atoms with E-state index in [1.807, 2.05) is 6.07 Å². The fourth-order valence-electron chi connectivity index (χ4n) is 2.13. The second-order valence-electron chi connectivity index (χ2n) is 4.83. The van der Waals surface area contributed by atoms with E-state index in [-0.39, 0.29) is 11.7 Å². The van der Waals surface area contributed by atoms with Crippen LogP contribution in [0, 0.1) is 0 Å². The lowest BCUT2D eigenvalue weighted by atomic mass is 10.2. The molecule has 2 aromatic rings. The number of carbonyl (C=O) groups excluding carboxylic acids is 1. The molecule has 2 heterocycles. The van der Waals surface area contributed by atoms with Crippen LogP contribution in [0.5, 0.6) is 5.75 Å². The van der Waals surface area contributed by atoms with Crippen molar-refractivity contribution >= 4 is 40.3 Å². The number of carbonyl (C=O) groups is 1. The highest BCUT2D eigenvalue weighted by Gasteiger charge is 2.31. The Labute approximate surface area is 143 Å². The summed E-state index contributed by atoms with van der Waals surface area (Å²) in [7, 11) is 0. The minimum absolute atomic E-state index is 0.137. The van der Waals surface area contributed by atoms with E-state index >= 15 is 0 Å². The first kappa shape index (κ1) is 15.6. The third-order valence-electron chi connectivity index (χ3n) is 3.24. The Hall–Kier alpha value is -2.31. The van der Waals surface area contributed by atoms with Crippen molar-refractivity contribution in [3.63, 3.8) is 0 Å². The third-order valence-corrected chi connectivity index (χ3v) is 4.62. The zero-order valence-corrected chi connectivity index (χ0v) is 13.7. The maximum absolute atomic E-state index is 12.3. The van der Waals surface area contributed by atoms with E-state index < -0.39 is 0 Å². The van der Waals surface area contributed by atoms with E-state index in [2.05, 4.69) is 6.58 Å². The summed E-state index contributed by atoms with van der Waals surface area (Å²) >= 11 is 6.45. The molecular formula is C17H13NO3S2. The Kier molecular flexibility index (Phi) is 4.36. The van der Waals surface area contributed by atoms with Crippen molar-refractivity contribution in [1.29, 1.82) is 0 Å². The molecular weight excluding hydrogens is 330 g/mol. The van der Waals surface area contributed by atoms with E-state index in [0.29, 0.717) is 27.3 Å². The van der Waals surface area contributed by atoms with E-state index in [1.54, 1.807) is 42.5 Å². The molecule has 23 heavy (non-hydrogen) atoms. The van der Waals surface area contributed by atoms with Crippen molar-refractivity contribution in [2.24, 2.45) is 0 Å². The summed E-state index contributed by atoms with van der Waals surface area (Å²) in [5, 5.41) is 9.32. The molecule has 1 aromatic carbocycles. The van der Waals surface area contributed by atoms with E-state index in [9.17, 15) is 9.90 Å². The van der Waals surface area contributed by atoms with Gasteiger partial charge in [-0.1, -0.05) is 30.1 Å². The van der Waals surface area contributed by atoms with Crippen LogP contribution in [0.1, 0.15) is 5.76 Å². The summed E-state index contributed by atoms with van der Waals surface area (Å²) in [6.07, 6.45) is 3.33. The van der Waals surface area contributed by atoms with Gasteiger partial charge in [0, 0.05) is 18.2 Å². The molecule has 0 radical (unpaired) electrons. The summed E-state index contributed by atoms with van der Waals surface area (Å²) in [6.45, 7) is 4.03. The van der Waals surface area contributed by atoms with E-state index in [1.165, 1.54) is 16.7 Å². The lowest BCUT2D eigenvalue weighted by molar-refractivity contribution is -0.121. The summed E-state index contributed by atoms with van der Waals surface area (Å²) in [5.41, 5.74) is 0.849. The molecule has 0 bridgehead atoms. The number of amides is 1. The Morgan fingerprint density at radius 2 is 2.00 bits per heavy atom. The van der Waals surface area contributed by atoms with Crippen LogP contribution in [0.25, 0.3) is 17.4 Å². The second kappa shape index (κ2) is 6.44. The zero-order valence-electron chi connectivity index (χ0n) is 12.1. The van der Waals surface area contributed by atoms with Gasteiger partial charge in [-0.2, -0.15) is 0 Å². The van der Waals surface area contributed by atoms with Crippen molar-refractivity contribution in [1.82, 2.24) is 4.90 Å². The minimum Gasteiger partial charge on any atom is -0.508 e. The number of nitrogens with zero attached hydrogens (tertiary/aromatic N) is 1. The number of rotatable bonds is 4. The van der Waals surface area contributed by atoms with Gasteiger partial charge in [0.25, 0.3) is 5.91 Å². The molecule has 1 saturated heterocycles. The van der Waals surface area contributed by atoms with Gasteiger partial charge in [-0.25, -0.2) is 0 Å². The molecule has 1 aliphatic rings. The van der Waals surface area contributed by atoms with Crippen LogP contribution in [0.2, 0.25) is 0 Å². The number of aromatic hydroxyl groups is 1. The molecule has 0 spiro atoms. The number of thioether (sulfide) groups is 1. The second-order valence-corrected chi connectivity index (χ2v) is 6.51. The number of phenolic OH excluding ortho intramolecular Hbond substituents is 1. The molecule has 0 atom stereocenters. The summed E-state index contributed by atoms with van der Waals surface area (Å²) < 4.78 is 6.26. The lowest BCUT2D eigenvalue weighted by Gasteiger charge is -2.10. The van der Waals surface area contributed by atoms with Crippen LogP contribution < -0.4 is 0 Å². The van der Waals surface area contributed by atoms with Crippen LogP contribution in [0.3, 0.4) is 0 Å². The van der Waals surface area contributed by atoms with Gasteiger partial charge in [-0.15, -0.1) is 6.58 Å². The Morgan fingerprint density at radius 3 is 2.70 bits per heavy atom. The molecule has 3 rings (SSSR count). The number of hydrogen-bond acceptors (Lipinski definition) is 5. The highest BCUT2D eigenvalue weighted by atomic mass is 32.2.